The first-order valence-electron chi connectivity index (χ1n) is 6.01. The summed E-state index contributed by atoms with van der Waals surface area (Å²) in [6, 6.07) is 6.39. The number of thioether (sulfide) groups is 1. The summed E-state index contributed by atoms with van der Waals surface area (Å²) in [5.41, 5.74) is 3.77. The summed E-state index contributed by atoms with van der Waals surface area (Å²) in [5, 5.41) is 7.35. The Labute approximate surface area is 110 Å². The molecule has 0 atom stereocenters. The van der Waals surface area contributed by atoms with Gasteiger partial charge in [-0.1, -0.05) is 11.2 Å². The zero-order chi connectivity index (χ0) is 12.4. The van der Waals surface area contributed by atoms with Gasteiger partial charge in [-0.15, -0.1) is 0 Å². The molecule has 3 rings (SSSR count). The van der Waals surface area contributed by atoms with E-state index >= 15 is 0 Å². The third kappa shape index (κ3) is 2.28. The molecule has 94 valence electrons. The van der Waals surface area contributed by atoms with Crippen LogP contribution in [0.4, 0.5) is 0 Å². The number of rotatable bonds is 3. The van der Waals surface area contributed by atoms with E-state index in [2.05, 4.69) is 33.7 Å². The molecule has 1 N–H and O–H groups in total. The molecule has 1 aromatic carbocycles. The van der Waals surface area contributed by atoms with E-state index < -0.39 is 0 Å². The predicted molar refractivity (Wildman–Crippen MR) is 72.4 cm³/mol. The lowest BCUT2D eigenvalue weighted by Crippen LogP contribution is -2.23. The maximum absolute atomic E-state index is 5.30. The van der Waals surface area contributed by atoms with Crippen molar-refractivity contribution >= 4 is 11.8 Å². The average molecular weight is 261 g/mol. The Morgan fingerprint density at radius 3 is 3.22 bits per heavy atom. The molecule has 1 aliphatic heterocycles. The van der Waals surface area contributed by atoms with Crippen molar-refractivity contribution in [2.24, 2.45) is 0 Å². The van der Waals surface area contributed by atoms with Crippen molar-refractivity contribution < 1.29 is 4.52 Å². The van der Waals surface area contributed by atoms with E-state index in [0.29, 0.717) is 5.89 Å². The fourth-order valence-electron chi connectivity index (χ4n) is 2.17. The molecule has 0 radical (unpaired) electrons. The summed E-state index contributed by atoms with van der Waals surface area (Å²) >= 11 is 1.69. The van der Waals surface area contributed by atoms with Crippen LogP contribution in [0.1, 0.15) is 17.0 Å². The van der Waals surface area contributed by atoms with Crippen LogP contribution in [0.25, 0.3) is 11.5 Å². The van der Waals surface area contributed by atoms with Crippen LogP contribution in [0.2, 0.25) is 0 Å². The fourth-order valence-corrected chi connectivity index (χ4v) is 2.55. The van der Waals surface area contributed by atoms with Gasteiger partial charge >= 0.3 is 0 Å². The molecule has 4 nitrogen and oxygen atoms in total. The molecule has 0 fully saturated rings. The summed E-state index contributed by atoms with van der Waals surface area (Å²) in [6.07, 6.45) is 3.12. The Bertz CT molecular complexity index is 553. The molecule has 1 aliphatic rings. The van der Waals surface area contributed by atoms with Crippen LogP contribution in [0.5, 0.6) is 0 Å². The first-order chi connectivity index (χ1) is 8.86. The highest BCUT2D eigenvalue weighted by Crippen LogP contribution is 2.23. The van der Waals surface area contributed by atoms with Crippen molar-refractivity contribution in [2.75, 3.05) is 12.8 Å². The van der Waals surface area contributed by atoms with Crippen LogP contribution in [-0.2, 0) is 18.7 Å². The van der Waals surface area contributed by atoms with Crippen molar-refractivity contribution in [2.45, 2.75) is 18.7 Å². The predicted octanol–water partition coefficient (Wildman–Crippen LogP) is 2.25. The highest BCUT2D eigenvalue weighted by atomic mass is 32.2. The van der Waals surface area contributed by atoms with Gasteiger partial charge in [-0.3, -0.25) is 0 Å². The van der Waals surface area contributed by atoms with Gasteiger partial charge in [-0.25, -0.2) is 0 Å². The first kappa shape index (κ1) is 11.7. The Balaban J connectivity index is 1.91. The monoisotopic (exact) mass is 261 g/mol. The van der Waals surface area contributed by atoms with Crippen LogP contribution in [0.3, 0.4) is 0 Å². The Morgan fingerprint density at radius 1 is 1.39 bits per heavy atom. The van der Waals surface area contributed by atoms with Crippen LogP contribution < -0.4 is 5.32 Å². The van der Waals surface area contributed by atoms with Gasteiger partial charge in [0.15, 0.2) is 5.82 Å². The minimum Gasteiger partial charge on any atom is -0.334 e. The van der Waals surface area contributed by atoms with Crippen molar-refractivity contribution in [1.29, 1.82) is 0 Å². The quantitative estimate of drug-likeness (QED) is 0.918. The first-order valence-corrected chi connectivity index (χ1v) is 7.40. The molecule has 1 aromatic heterocycles. The summed E-state index contributed by atoms with van der Waals surface area (Å²) in [4.78, 5) is 4.40. The molecule has 5 heteroatoms. The Kier molecular flexibility index (Phi) is 3.34. The van der Waals surface area contributed by atoms with E-state index in [1.807, 2.05) is 6.26 Å². The van der Waals surface area contributed by atoms with E-state index in [4.69, 9.17) is 4.52 Å². The summed E-state index contributed by atoms with van der Waals surface area (Å²) in [6.45, 7) is 1.99. The van der Waals surface area contributed by atoms with Gasteiger partial charge < -0.3 is 9.84 Å². The second kappa shape index (κ2) is 5.12. The molecule has 18 heavy (non-hydrogen) atoms. The Morgan fingerprint density at radius 2 is 2.33 bits per heavy atom. The molecule has 0 unspecified atom stereocenters. The van der Waals surface area contributed by atoms with E-state index in [1.165, 1.54) is 11.1 Å². The largest absolute Gasteiger partial charge is 0.334 e. The van der Waals surface area contributed by atoms with E-state index in [0.717, 1.165) is 36.7 Å². The minimum atomic E-state index is 0.618. The number of benzene rings is 1. The van der Waals surface area contributed by atoms with E-state index in [1.54, 1.807) is 11.8 Å². The Hall–Kier alpha value is -1.33. The molecule has 2 heterocycles. The van der Waals surface area contributed by atoms with Gasteiger partial charge in [0.25, 0.3) is 5.89 Å². The summed E-state index contributed by atoms with van der Waals surface area (Å²) < 4.78 is 5.30. The van der Waals surface area contributed by atoms with Crippen molar-refractivity contribution in [1.82, 2.24) is 15.5 Å². The lowest BCUT2D eigenvalue weighted by molar-refractivity contribution is 0.425. The highest BCUT2D eigenvalue weighted by molar-refractivity contribution is 7.97. The van der Waals surface area contributed by atoms with Crippen molar-refractivity contribution in [3.63, 3.8) is 0 Å². The standard InChI is InChI=1S/C13H15N3OS/c1-18-8-12-15-13(17-16-12)10-3-2-9-4-5-14-7-11(9)6-10/h2-3,6,14H,4-5,7-8H2,1H3. The molecular weight excluding hydrogens is 246 g/mol. The smallest absolute Gasteiger partial charge is 0.257 e. The molecule has 0 aliphatic carbocycles. The van der Waals surface area contributed by atoms with Gasteiger partial charge in [-0.2, -0.15) is 16.7 Å². The molecule has 0 amide bonds. The fraction of sp³-hybridized carbons (Fsp3) is 0.385. The lowest BCUT2D eigenvalue weighted by atomic mass is 9.98. The third-order valence-corrected chi connectivity index (χ3v) is 3.63. The highest BCUT2D eigenvalue weighted by Gasteiger charge is 2.13. The zero-order valence-electron chi connectivity index (χ0n) is 10.3. The lowest BCUT2D eigenvalue weighted by Gasteiger charge is -2.16. The summed E-state index contributed by atoms with van der Waals surface area (Å²) in [7, 11) is 0. The molecule has 2 aromatic rings. The van der Waals surface area contributed by atoms with Crippen molar-refractivity contribution in [3.8, 4) is 11.5 Å². The normalized spacial score (nSPS) is 14.5. The van der Waals surface area contributed by atoms with Crippen LogP contribution >= 0.6 is 11.8 Å². The van der Waals surface area contributed by atoms with Crippen LogP contribution in [0, 0.1) is 0 Å². The number of hydrogen-bond donors (Lipinski definition) is 1. The SMILES string of the molecule is CSCc1noc(-c2ccc3c(c2)CNCC3)n1. The van der Waals surface area contributed by atoms with Gasteiger partial charge in [-0.05, 0) is 42.5 Å². The second-order valence-electron chi connectivity index (χ2n) is 4.36. The number of nitrogens with one attached hydrogen (secondary N) is 1. The van der Waals surface area contributed by atoms with Gasteiger partial charge in [0.1, 0.15) is 0 Å². The van der Waals surface area contributed by atoms with Gasteiger partial charge in [0.2, 0.25) is 0 Å². The zero-order valence-corrected chi connectivity index (χ0v) is 11.1. The van der Waals surface area contributed by atoms with Gasteiger partial charge in [0.05, 0.1) is 5.75 Å². The van der Waals surface area contributed by atoms with E-state index in [9.17, 15) is 0 Å². The number of fused-ring (bicyclic) bond motifs is 1. The average Bonchev–Trinajstić information content (AvgIpc) is 2.87. The second-order valence-corrected chi connectivity index (χ2v) is 5.23. The van der Waals surface area contributed by atoms with Gasteiger partial charge in [0, 0.05) is 12.1 Å². The third-order valence-electron chi connectivity index (χ3n) is 3.08. The minimum absolute atomic E-state index is 0.618. The molecular formula is C13H15N3OS. The molecule has 0 saturated carbocycles. The number of hydrogen-bond acceptors (Lipinski definition) is 5. The molecule has 0 saturated heterocycles. The van der Waals surface area contributed by atoms with Crippen LogP contribution in [0.15, 0.2) is 22.7 Å². The maximum atomic E-state index is 5.30. The topological polar surface area (TPSA) is 51.0 Å². The maximum Gasteiger partial charge on any atom is 0.257 e. The van der Waals surface area contributed by atoms with E-state index in [-0.39, 0.29) is 0 Å². The number of nitrogens with zero attached hydrogens (tertiary/aromatic N) is 2. The molecule has 0 bridgehead atoms. The van der Waals surface area contributed by atoms with Crippen LogP contribution in [-0.4, -0.2) is 22.9 Å². The summed E-state index contributed by atoms with van der Waals surface area (Å²) in [5.74, 6) is 2.16. The van der Waals surface area contributed by atoms with Crippen molar-refractivity contribution in [3.05, 3.63) is 35.2 Å². The number of aromatic nitrogens is 2. The molecule has 0 spiro atoms.